The number of hydrogen-bond acceptors (Lipinski definition) is 4. The van der Waals surface area contributed by atoms with Gasteiger partial charge in [0.1, 0.15) is 6.61 Å². The summed E-state index contributed by atoms with van der Waals surface area (Å²) in [6.45, 7) is 0.0591. The molecule has 1 rings (SSSR count). The van der Waals surface area contributed by atoms with Crippen LogP contribution in [0.1, 0.15) is 19.3 Å². The Kier molecular flexibility index (Phi) is 6.03. The van der Waals surface area contributed by atoms with Crippen LogP contribution < -0.4 is 5.73 Å². The van der Waals surface area contributed by atoms with E-state index in [1.807, 2.05) is 0 Å². The number of rotatable bonds is 6. The molecule has 0 saturated heterocycles. The van der Waals surface area contributed by atoms with Gasteiger partial charge in [-0.05, 0) is 18.4 Å². The van der Waals surface area contributed by atoms with E-state index < -0.39 is 0 Å². The molecule has 17 heavy (non-hydrogen) atoms. The van der Waals surface area contributed by atoms with Gasteiger partial charge in [0.25, 0.3) is 0 Å². The molecule has 1 aliphatic carbocycles. The highest BCUT2D eigenvalue weighted by atomic mass is 16.6. The first-order chi connectivity index (χ1) is 8.27. The Hall–Kier alpha value is -1.62. The molecule has 0 fully saturated rings. The van der Waals surface area contributed by atoms with Gasteiger partial charge in [-0.2, -0.15) is 0 Å². The molecule has 0 aliphatic heterocycles. The van der Waals surface area contributed by atoms with E-state index in [4.69, 9.17) is 15.7 Å². The summed E-state index contributed by atoms with van der Waals surface area (Å²) in [5.41, 5.74) is 7.63. The zero-order valence-corrected chi connectivity index (χ0v) is 10.1. The van der Waals surface area contributed by atoms with Gasteiger partial charge in [-0.25, -0.2) is 0 Å². The van der Waals surface area contributed by atoms with Crippen molar-refractivity contribution in [2.24, 2.45) is 15.9 Å². The normalized spacial score (nSPS) is 16.9. The Bertz CT molecular complexity index is 357. The van der Waals surface area contributed by atoms with Crippen LogP contribution in [0.5, 0.6) is 0 Å². The number of allylic oxidation sites excluding steroid dienone is 4. The number of hydrogen-bond donors (Lipinski definition) is 2. The molecule has 1 aliphatic rings. The molecule has 5 heteroatoms. The molecule has 0 unspecified atom stereocenters. The topological polar surface area (TPSA) is 80.2 Å². The summed E-state index contributed by atoms with van der Waals surface area (Å²) in [6, 6.07) is 0. The van der Waals surface area contributed by atoms with E-state index in [2.05, 4.69) is 28.4 Å². The predicted octanol–water partition coefficient (Wildman–Crippen LogP) is 1.00. The molecule has 3 N–H and O–H groups in total. The fourth-order valence-corrected chi connectivity index (χ4v) is 1.49. The van der Waals surface area contributed by atoms with E-state index in [9.17, 15) is 0 Å². The van der Waals surface area contributed by atoms with Crippen LogP contribution in [0.2, 0.25) is 0 Å². The van der Waals surface area contributed by atoms with Gasteiger partial charge in [-0.1, -0.05) is 23.4 Å². The molecule has 0 saturated carbocycles. The summed E-state index contributed by atoms with van der Waals surface area (Å²) in [5.74, 6) is 0.265. The summed E-state index contributed by atoms with van der Waals surface area (Å²) in [4.78, 5) is 8.92. The predicted molar refractivity (Wildman–Crippen MR) is 69.1 cm³/mol. The number of amidine groups is 1. The van der Waals surface area contributed by atoms with Gasteiger partial charge in [-0.15, -0.1) is 0 Å². The Balaban J connectivity index is 2.56. The van der Waals surface area contributed by atoms with Crippen LogP contribution in [0.25, 0.3) is 0 Å². The highest BCUT2D eigenvalue weighted by molar-refractivity contribution is 6.41. The van der Waals surface area contributed by atoms with E-state index >= 15 is 0 Å². The van der Waals surface area contributed by atoms with Crippen molar-refractivity contribution in [2.45, 2.75) is 19.3 Å². The average molecular weight is 237 g/mol. The minimum absolute atomic E-state index is 0.0801. The molecule has 0 heterocycles. The van der Waals surface area contributed by atoms with Crippen molar-refractivity contribution in [3.63, 3.8) is 0 Å². The third-order valence-electron chi connectivity index (χ3n) is 2.35. The van der Waals surface area contributed by atoms with Gasteiger partial charge in [0.15, 0.2) is 5.84 Å². The minimum Gasteiger partial charge on any atom is -0.393 e. The lowest BCUT2D eigenvalue weighted by molar-refractivity contribution is 0.0988. The fourth-order valence-electron chi connectivity index (χ4n) is 1.49. The van der Waals surface area contributed by atoms with E-state index in [0.29, 0.717) is 12.1 Å². The van der Waals surface area contributed by atoms with E-state index in [1.165, 1.54) is 5.57 Å². The number of aliphatic imine (C=N–C) groups is 1. The summed E-state index contributed by atoms with van der Waals surface area (Å²) < 4.78 is 0. The standard InChI is InChI=1S/C12H19N3O2/c1-14-11(12(13)15-17-8-7-16)9-10-5-3-2-4-6-10/h3,5-6,16H,2,4,7-9H2,1H3,(H2,13,15). The SMILES string of the molecule is CN=C(CC1=CCCC=C1)C(N)=NOCCO. The minimum atomic E-state index is -0.0801. The second-order valence-corrected chi connectivity index (χ2v) is 3.64. The van der Waals surface area contributed by atoms with Gasteiger partial charge >= 0.3 is 0 Å². The Morgan fingerprint density at radius 2 is 2.35 bits per heavy atom. The van der Waals surface area contributed by atoms with Crippen molar-refractivity contribution in [1.82, 2.24) is 0 Å². The smallest absolute Gasteiger partial charge is 0.184 e. The lowest BCUT2D eigenvalue weighted by atomic mass is 10.0. The van der Waals surface area contributed by atoms with Crippen LogP contribution in [0.3, 0.4) is 0 Å². The zero-order valence-electron chi connectivity index (χ0n) is 10.1. The first kappa shape index (κ1) is 13.4. The van der Waals surface area contributed by atoms with E-state index in [1.54, 1.807) is 7.05 Å². The van der Waals surface area contributed by atoms with Gasteiger partial charge in [0, 0.05) is 13.5 Å². The number of nitrogens with zero attached hydrogens (tertiary/aromatic N) is 2. The van der Waals surface area contributed by atoms with Crippen LogP contribution in [0.15, 0.2) is 33.9 Å². The van der Waals surface area contributed by atoms with Crippen LogP contribution >= 0.6 is 0 Å². The lowest BCUT2D eigenvalue weighted by Crippen LogP contribution is -2.25. The molecule has 0 atom stereocenters. The first-order valence-electron chi connectivity index (χ1n) is 5.65. The summed E-state index contributed by atoms with van der Waals surface area (Å²) >= 11 is 0. The number of oxime groups is 1. The molecule has 0 amide bonds. The monoisotopic (exact) mass is 237 g/mol. The highest BCUT2D eigenvalue weighted by Gasteiger charge is 2.08. The van der Waals surface area contributed by atoms with Crippen molar-refractivity contribution in [2.75, 3.05) is 20.3 Å². The number of aliphatic hydroxyl groups excluding tert-OH is 1. The molecule has 0 aromatic rings. The Morgan fingerprint density at radius 1 is 1.53 bits per heavy atom. The summed E-state index contributed by atoms with van der Waals surface area (Å²) in [6.07, 6.45) is 9.19. The second-order valence-electron chi connectivity index (χ2n) is 3.64. The molecule has 0 bridgehead atoms. The van der Waals surface area contributed by atoms with Gasteiger partial charge in [0.2, 0.25) is 0 Å². The fraction of sp³-hybridized carbons (Fsp3) is 0.500. The zero-order chi connectivity index (χ0) is 12.5. The van der Waals surface area contributed by atoms with Gasteiger partial charge in [-0.3, -0.25) is 4.99 Å². The lowest BCUT2D eigenvalue weighted by Gasteiger charge is -2.08. The van der Waals surface area contributed by atoms with Crippen molar-refractivity contribution in [3.8, 4) is 0 Å². The largest absolute Gasteiger partial charge is 0.393 e. The van der Waals surface area contributed by atoms with Crippen molar-refractivity contribution >= 4 is 11.5 Å². The number of aliphatic hydroxyl groups is 1. The molecule has 94 valence electrons. The van der Waals surface area contributed by atoms with Crippen molar-refractivity contribution in [1.29, 1.82) is 0 Å². The van der Waals surface area contributed by atoms with Crippen LogP contribution in [0, 0.1) is 0 Å². The third kappa shape index (κ3) is 4.82. The van der Waals surface area contributed by atoms with Crippen LogP contribution in [-0.4, -0.2) is 36.9 Å². The van der Waals surface area contributed by atoms with E-state index in [-0.39, 0.29) is 19.0 Å². The second kappa shape index (κ2) is 7.62. The Labute approximate surface area is 101 Å². The van der Waals surface area contributed by atoms with Crippen molar-refractivity contribution < 1.29 is 9.94 Å². The molecule has 0 aromatic heterocycles. The summed E-state index contributed by atoms with van der Waals surface area (Å²) in [5, 5.41) is 12.3. The van der Waals surface area contributed by atoms with Crippen molar-refractivity contribution in [3.05, 3.63) is 23.8 Å². The Morgan fingerprint density at radius 3 is 2.94 bits per heavy atom. The molecule has 0 radical (unpaired) electrons. The average Bonchev–Trinajstić information content (AvgIpc) is 2.37. The maximum atomic E-state index is 8.55. The molecule has 5 nitrogen and oxygen atoms in total. The van der Waals surface area contributed by atoms with E-state index in [0.717, 1.165) is 12.8 Å². The molecule has 0 spiro atoms. The van der Waals surface area contributed by atoms with Gasteiger partial charge in [0.05, 0.1) is 12.3 Å². The number of nitrogens with two attached hydrogens (primary N) is 1. The first-order valence-corrected chi connectivity index (χ1v) is 5.65. The summed E-state index contributed by atoms with van der Waals surface area (Å²) in [7, 11) is 1.68. The molecular formula is C12H19N3O2. The third-order valence-corrected chi connectivity index (χ3v) is 2.35. The molecular weight excluding hydrogens is 218 g/mol. The van der Waals surface area contributed by atoms with Crippen LogP contribution in [-0.2, 0) is 4.84 Å². The highest BCUT2D eigenvalue weighted by Crippen LogP contribution is 2.13. The van der Waals surface area contributed by atoms with Gasteiger partial charge < -0.3 is 15.7 Å². The maximum absolute atomic E-state index is 8.55. The quantitative estimate of drug-likeness (QED) is 0.313. The maximum Gasteiger partial charge on any atom is 0.184 e. The van der Waals surface area contributed by atoms with Crippen LogP contribution in [0.4, 0.5) is 0 Å². The molecule has 0 aromatic carbocycles.